The number of carbonyl (C=O) groups excluding carboxylic acids is 2. The van der Waals surface area contributed by atoms with Crippen molar-refractivity contribution in [2.45, 2.75) is 205 Å². The van der Waals surface area contributed by atoms with Crippen LogP contribution in [0.4, 0.5) is 0 Å². The zero-order valence-corrected chi connectivity index (χ0v) is 39.4. The predicted molar refractivity (Wildman–Crippen MR) is 247 cm³/mol. The molecule has 0 aliphatic heterocycles. The van der Waals surface area contributed by atoms with Crippen molar-refractivity contribution in [2.75, 3.05) is 19.8 Å². The molecule has 14 nitrogen and oxygen atoms in total. The lowest BCUT2D eigenvalue weighted by Gasteiger charge is -2.20. The molecule has 0 aromatic heterocycles. The van der Waals surface area contributed by atoms with Gasteiger partial charge in [0.25, 0.3) is 0 Å². The molecule has 0 aromatic rings. The number of carbonyl (C=O) groups is 3. The maximum Gasteiger partial charge on any atom is 0.472 e. The first-order valence-electron chi connectivity index (χ1n) is 23.9. The predicted octanol–water partition coefficient (Wildman–Crippen LogP) is 9.33. The second-order valence-electron chi connectivity index (χ2n) is 16.9. The molecule has 364 valence electrons. The van der Waals surface area contributed by atoms with E-state index in [0.717, 1.165) is 57.8 Å². The van der Waals surface area contributed by atoms with Gasteiger partial charge in [0.2, 0.25) is 0 Å². The fourth-order valence-electron chi connectivity index (χ4n) is 7.27. The molecule has 8 atom stereocenters. The molecular weight excluding hydrogens is 829 g/mol. The standard InChI is InChI=1S/C48H84NO13P/c1-3-5-7-8-9-10-11-12-13-14-15-16-17-18-19-20-21-22-27-31-46(53)59-36-40(37-60-63(57,58)61-38-43(49)48(55)56)62-47(54)32-28-24-23-26-30-41-42(45(52)35-44(41)51)34-33-39(50)29-25-6-4-2/h9-10,12-13,23,26,33-34,39-45,50-52H,3-8,11,14-22,24-25,27-32,35-38,49H2,1-2H3,(H,55,56)(H,57,58)/b10-9-,13-12-,26-23+,34-33+/t39-,40+,41+,42+,43-,44-,45+/m0/s1. The van der Waals surface area contributed by atoms with Gasteiger partial charge in [-0.05, 0) is 70.1 Å². The summed E-state index contributed by atoms with van der Waals surface area (Å²) in [7, 11) is -4.79. The fraction of sp³-hybridized carbons (Fsp3) is 0.771. The topological polar surface area (TPSA) is 232 Å². The monoisotopic (exact) mass is 914 g/mol. The second-order valence-corrected chi connectivity index (χ2v) is 18.3. The van der Waals surface area contributed by atoms with E-state index in [4.69, 9.17) is 24.8 Å². The van der Waals surface area contributed by atoms with Crippen molar-refractivity contribution < 1.29 is 62.8 Å². The highest BCUT2D eigenvalue weighted by Crippen LogP contribution is 2.43. The number of ether oxygens (including phenoxy) is 2. The van der Waals surface area contributed by atoms with Crippen molar-refractivity contribution in [1.29, 1.82) is 0 Å². The number of aliphatic hydroxyl groups excluding tert-OH is 3. The summed E-state index contributed by atoms with van der Waals surface area (Å²) in [6, 6.07) is -1.56. The Balaban J connectivity index is 2.45. The fourth-order valence-corrected chi connectivity index (χ4v) is 8.04. The number of allylic oxidation sites excluding steroid dienone is 6. The number of esters is 2. The van der Waals surface area contributed by atoms with E-state index in [2.05, 4.69) is 42.7 Å². The number of aliphatic carboxylic acids is 1. The first-order valence-corrected chi connectivity index (χ1v) is 25.4. The Morgan fingerprint density at radius 3 is 1.90 bits per heavy atom. The summed E-state index contributed by atoms with van der Waals surface area (Å²) in [4.78, 5) is 46.3. The lowest BCUT2D eigenvalue weighted by Crippen LogP contribution is -2.34. The van der Waals surface area contributed by atoms with Gasteiger partial charge in [-0.1, -0.05) is 140 Å². The molecule has 0 saturated heterocycles. The van der Waals surface area contributed by atoms with E-state index in [1.54, 1.807) is 6.08 Å². The van der Waals surface area contributed by atoms with E-state index in [-0.39, 0.29) is 31.1 Å². The number of unbranched alkanes of at least 4 members (excludes halogenated alkanes) is 15. The van der Waals surface area contributed by atoms with Gasteiger partial charge in [0.15, 0.2) is 6.10 Å². The van der Waals surface area contributed by atoms with E-state index in [1.807, 2.05) is 18.2 Å². The first-order chi connectivity index (χ1) is 30.3. The minimum Gasteiger partial charge on any atom is -0.480 e. The highest BCUT2D eigenvalue weighted by atomic mass is 31.2. The highest BCUT2D eigenvalue weighted by molar-refractivity contribution is 7.47. The zero-order valence-electron chi connectivity index (χ0n) is 38.5. The molecule has 63 heavy (non-hydrogen) atoms. The van der Waals surface area contributed by atoms with E-state index in [1.165, 1.54) is 51.4 Å². The molecule has 0 amide bonds. The molecule has 0 heterocycles. The quantitative estimate of drug-likeness (QED) is 0.0146. The van der Waals surface area contributed by atoms with Crippen LogP contribution in [0.2, 0.25) is 0 Å². The van der Waals surface area contributed by atoms with Crippen molar-refractivity contribution in [3.63, 3.8) is 0 Å². The third-order valence-corrected chi connectivity index (χ3v) is 12.1. The largest absolute Gasteiger partial charge is 0.480 e. The number of carboxylic acids is 1. The molecule has 7 N–H and O–H groups in total. The van der Waals surface area contributed by atoms with E-state index >= 15 is 0 Å². The number of hydrogen-bond donors (Lipinski definition) is 6. The molecule has 1 rings (SSSR count). The van der Waals surface area contributed by atoms with Crippen LogP contribution in [0.5, 0.6) is 0 Å². The Labute approximate surface area is 378 Å². The van der Waals surface area contributed by atoms with Crippen molar-refractivity contribution in [3.8, 4) is 0 Å². The van der Waals surface area contributed by atoms with Gasteiger partial charge in [-0.2, -0.15) is 0 Å². The summed E-state index contributed by atoms with van der Waals surface area (Å²) in [6.45, 7) is 2.43. The van der Waals surface area contributed by atoms with Gasteiger partial charge in [-0.3, -0.25) is 23.4 Å². The normalized spacial score (nSPS) is 20.5. The summed E-state index contributed by atoms with van der Waals surface area (Å²) in [5.74, 6) is -3.09. The smallest absolute Gasteiger partial charge is 0.472 e. The van der Waals surface area contributed by atoms with Gasteiger partial charge in [-0.15, -0.1) is 0 Å². The Bertz CT molecular complexity index is 1370. The number of phosphoric ester groups is 1. The lowest BCUT2D eigenvalue weighted by atomic mass is 9.89. The molecule has 0 bridgehead atoms. The Hall–Kier alpha value is -2.68. The van der Waals surface area contributed by atoms with Crippen LogP contribution in [-0.2, 0) is 37.5 Å². The van der Waals surface area contributed by atoms with Crippen molar-refractivity contribution >= 4 is 25.7 Å². The van der Waals surface area contributed by atoms with Crippen LogP contribution < -0.4 is 5.73 Å². The van der Waals surface area contributed by atoms with Crippen molar-refractivity contribution in [1.82, 2.24) is 0 Å². The van der Waals surface area contributed by atoms with Crippen LogP contribution >= 0.6 is 7.82 Å². The Morgan fingerprint density at radius 1 is 0.698 bits per heavy atom. The molecule has 1 fully saturated rings. The third kappa shape index (κ3) is 31.8. The number of rotatable bonds is 40. The maximum absolute atomic E-state index is 12.8. The van der Waals surface area contributed by atoms with Crippen LogP contribution in [0.15, 0.2) is 48.6 Å². The van der Waals surface area contributed by atoms with Gasteiger partial charge in [0.05, 0.1) is 31.5 Å². The molecule has 1 saturated carbocycles. The summed E-state index contributed by atoms with van der Waals surface area (Å²) in [6.07, 6.45) is 35.5. The number of nitrogens with two attached hydrogens (primary N) is 1. The van der Waals surface area contributed by atoms with Gasteiger partial charge in [0.1, 0.15) is 12.6 Å². The number of hydrogen-bond acceptors (Lipinski definition) is 12. The zero-order chi connectivity index (χ0) is 46.6. The van der Waals surface area contributed by atoms with Crippen LogP contribution in [0, 0.1) is 11.8 Å². The molecule has 0 spiro atoms. The third-order valence-electron chi connectivity index (χ3n) is 11.1. The molecule has 0 aromatic carbocycles. The first kappa shape index (κ1) is 58.3. The number of phosphoric acid groups is 1. The van der Waals surface area contributed by atoms with Crippen LogP contribution in [0.25, 0.3) is 0 Å². The van der Waals surface area contributed by atoms with Gasteiger partial charge < -0.3 is 40.5 Å². The van der Waals surface area contributed by atoms with Gasteiger partial charge >= 0.3 is 25.7 Å². The van der Waals surface area contributed by atoms with E-state index < -0.39 is 76.0 Å². The average Bonchev–Trinajstić information content (AvgIpc) is 3.52. The molecule has 1 aliphatic carbocycles. The summed E-state index contributed by atoms with van der Waals surface area (Å²) >= 11 is 0. The highest BCUT2D eigenvalue weighted by Gasteiger charge is 2.39. The molecule has 1 aliphatic rings. The second kappa shape index (κ2) is 37.5. The molecule has 0 radical (unpaired) electrons. The average molecular weight is 914 g/mol. The Morgan fingerprint density at radius 2 is 1.25 bits per heavy atom. The molecular formula is C48H84NO13P. The molecule has 1 unspecified atom stereocenters. The summed E-state index contributed by atoms with van der Waals surface area (Å²) in [5, 5.41) is 40.3. The Kier molecular flexibility index (Phi) is 34.8. The van der Waals surface area contributed by atoms with Crippen molar-refractivity contribution in [3.05, 3.63) is 48.6 Å². The van der Waals surface area contributed by atoms with E-state index in [0.29, 0.717) is 32.1 Å². The lowest BCUT2D eigenvalue weighted by molar-refractivity contribution is -0.161. The minimum absolute atomic E-state index is 0.0176. The number of aliphatic hydroxyl groups is 3. The van der Waals surface area contributed by atoms with Crippen LogP contribution in [0.1, 0.15) is 174 Å². The molecule has 15 heteroatoms. The van der Waals surface area contributed by atoms with Gasteiger partial charge in [0, 0.05) is 25.2 Å². The van der Waals surface area contributed by atoms with Crippen molar-refractivity contribution in [2.24, 2.45) is 17.6 Å². The summed E-state index contributed by atoms with van der Waals surface area (Å²) in [5.41, 5.74) is 5.34. The van der Waals surface area contributed by atoms with Crippen LogP contribution in [-0.4, -0.2) is 93.5 Å². The van der Waals surface area contributed by atoms with Gasteiger partial charge in [-0.25, -0.2) is 4.57 Å². The number of carboxylic acid groups (broad SMARTS) is 1. The van der Waals surface area contributed by atoms with E-state index in [9.17, 15) is 39.2 Å². The minimum atomic E-state index is -4.79. The van der Waals surface area contributed by atoms with Crippen LogP contribution in [0.3, 0.4) is 0 Å². The maximum atomic E-state index is 12.8. The summed E-state index contributed by atoms with van der Waals surface area (Å²) < 4.78 is 32.7. The SMILES string of the molecule is CCCCC/C=C\C/C=C\CCCCCCCCCCCC(=O)OC[C@H](COP(=O)(O)OC[C@H](N)C(=O)O)OC(=O)CCC/C=C/C[C@@H]1[C@@H](/C=C/[C@@H](O)CCCCC)[C@H](O)C[C@@H]1O.